The third kappa shape index (κ3) is 1.76. The molecule has 0 amide bonds. The summed E-state index contributed by atoms with van der Waals surface area (Å²) in [6, 6.07) is 2.14. The number of carbonyl (C=O) groups is 1. The van der Waals surface area contributed by atoms with Gasteiger partial charge in [0.2, 0.25) is 0 Å². The molecule has 20 heavy (non-hydrogen) atoms. The summed E-state index contributed by atoms with van der Waals surface area (Å²) < 4.78 is 0. The van der Waals surface area contributed by atoms with Gasteiger partial charge in [0.15, 0.2) is 5.78 Å². The smallest absolute Gasteiger partial charge is 0.170 e. The van der Waals surface area contributed by atoms with Crippen LogP contribution in [0.25, 0.3) is 0 Å². The van der Waals surface area contributed by atoms with Gasteiger partial charge in [-0.2, -0.15) is 0 Å². The van der Waals surface area contributed by atoms with Gasteiger partial charge in [-0.05, 0) is 75.7 Å². The molecule has 108 valence electrons. The minimum Gasteiger partial charge on any atom is -0.294 e. The number of hydrogen-bond acceptors (Lipinski definition) is 2. The first-order valence-corrected chi connectivity index (χ1v) is 8.83. The highest BCUT2D eigenvalue weighted by atomic mass is 32.1. The molecule has 0 radical (unpaired) electrons. The summed E-state index contributed by atoms with van der Waals surface area (Å²) in [5.74, 6) is 2.13. The maximum absolute atomic E-state index is 13.3. The Morgan fingerprint density at radius 1 is 1.20 bits per heavy atom. The fourth-order valence-corrected chi connectivity index (χ4v) is 7.05. The van der Waals surface area contributed by atoms with Crippen molar-refractivity contribution in [3.8, 4) is 0 Å². The molecule has 1 nitrogen and oxygen atoms in total. The third-order valence-corrected chi connectivity index (χ3v) is 7.09. The van der Waals surface area contributed by atoms with Crippen molar-refractivity contribution in [1.29, 1.82) is 0 Å². The van der Waals surface area contributed by atoms with E-state index in [4.69, 9.17) is 0 Å². The molecule has 2 atom stereocenters. The Hall–Kier alpha value is -0.630. The molecule has 5 rings (SSSR count). The maximum Gasteiger partial charge on any atom is 0.170 e. The van der Waals surface area contributed by atoms with E-state index in [9.17, 15) is 4.79 Å². The third-order valence-electron chi connectivity index (χ3n) is 6.12. The van der Waals surface area contributed by atoms with E-state index in [1.807, 2.05) is 0 Å². The van der Waals surface area contributed by atoms with Crippen LogP contribution in [0.4, 0.5) is 0 Å². The summed E-state index contributed by atoms with van der Waals surface area (Å²) in [7, 11) is 0. The normalized spacial score (nSPS) is 42.1. The number of Topliss-reactive ketones (excluding diaryl/α,β-unsaturated/α-hetero) is 1. The van der Waals surface area contributed by atoms with Crippen molar-refractivity contribution >= 4 is 17.1 Å². The Labute approximate surface area is 125 Å². The van der Waals surface area contributed by atoms with Gasteiger partial charge in [-0.15, -0.1) is 11.3 Å². The molecule has 4 bridgehead atoms. The first-order chi connectivity index (χ1) is 9.39. The molecule has 4 aliphatic carbocycles. The summed E-state index contributed by atoms with van der Waals surface area (Å²) in [5.41, 5.74) is 1.49. The molecule has 0 spiro atoms. The molecule has 0 N–H and O–H groups in total. The lowest BCUT2D eigenvalue weighted by molar-refractivity contribution is -0.0820. The van der Waals surface area contributed by atoms with Crippen molar-refractivity contribution < 1.29 is 4.79 Å². The molecule has 0 aromatic carbocycles. The zero-order valence-corrected chi connectivity index (χ0v) is 13.6. The van der Waals surface area contributed by atoms with Crippen LogP contribution in [0.3, 0.4) is 0 Å². The van der Waals surface area contributed by atoms with Crippen LogP contribution in [-0.2, 0) is 0 Å². The fraction of sp³-hybridized carbons (Fsp3) is 0.722. The molecule has 0 saturated heterocycles. The number of thiophene rings is 1. The van der Waals surface area contributed by atoms with Crippen LogP contribution >= 0.6 is 11.3 Å². The highest BCUT2D eigenvalue weighted by Crippen LogP contribution is 2.65. The quantitative estimate of drug-likeness (QED) is 0.687. The van der Waals surface area contributed by atoms with Crippen molar-refractivity contribution in [1.82, 2.24) is 0 Å². The first-order valence-electron chi connectivity index (χ1n) is 8.01. The van der Waals surface area contributed by atoms with Crippen molar-refractivity contribution in [2.45, 2.75) is 59.3 Å². The van der Waals surface area contributed by atoms with E-state index in [1.54, 1.807) is 11.3 Å². The predicted octanol–water partition coefficient (Wildman–Crippen LogP) is 5.15. The van der Waals surface area contributed by atoms with E-state index in [2.05, 4.69) is 26.8 Å². The lowest BCUT2D eigenvalue weighted by atomic mass is 9.43. The molecule has 1 aromatic rings. The molecule has 1 aromatic heterocycles. The Morgan fingerprint density at radius 3 is 2.35 bits per heavy atom. The number of hydrogen-bond donors (Lipinski definition) is 0. The Kier molecular flexibility index (Phi) is 2.59. The zero-order chi connectivity index (χ0) is 14.1. The highest BCUT2D eigenvalue weighted by molar-refractivity contribution is 7.12. The van der Waals surface area contributed by atoms with E-state index in [0.29, 0.717) is 11.2 Å². The van der Waals surface area contributed by atoms with Gasteiger partial charge >= 0.3 is 0 Å². The van der Waals surface area contributed by atoms with Gasteiger partial charge < -0.3 is 0 Å². The standard InChI is InChI=1S/C18H24OS/c1-11-4-15(12(2)20-11)16(19)18-8-13-5-14(9-18)7-17(3,6-13)10-18/h4,13-14H,5-10H2,1-3H3. The molecule has 2 heteroatoms. The second kappa shape index (κ2) is 3.97. The van der Waals surface area contributed by atoms with Crippen molar-refractivity contribution in [3.63, 3.8) is 0 Å². The van der Waals surface area contributed by atoms with Gasteiger partial charge in [0.05, 0.1) is 0 Å². The molecule has 4 aliphatic rings. The largest absolute Gasteiger partial charge is 0.294 e. The monoisotopic (exact) mass is 288 g/mol. The summed E-state index contributed by atoms with van der Waals surface area (Å²) in [4.78, 5) is 15.8. The summed E-state index contributed by atoms with van der Waals surface area (Å²) in [6.45, 7) is 6.68. The maximum atomic E-state index is 13.3. The minimum absolute atomic E-state index is 0.00287. The topological polar surface area (TPSA) is 17.1 Å². The Morgan fingerprint density at radius 2 is 1.85 bits per heavy atom. The average Bonchev–Trinajstić information content (AvgIpc) is 2.64. The van der Waals surface area contributed by atoms with Crippen LogP contribution in [0.1, 0.15) is 65.6 Å². The molecule has 2 unspecified atom stereocenters. The van der Waals surface area contributed by atoms with Crippen LogP contribution in [0.15, 0.2) is 6.07 Å². The van der Waals surface area contributed by atoms with Gasteiger partial charge in [-0.3, -0.25) is 4.79 Å². The highest BCUT2D eigenvalue weighted by Gasteiger charge is 2.58. The number of ketones is 1. The van der Waals surface area contributed by atoms with Crippen molar-refractivity contribution in [2.24, 2.45) is 22.7 Å². The molecule has 4 saturated carbocycles. The van der Waals surface area contributed by atoms with Gasteiger partial charge in [-0.25, -0.2) is 0 Å². The molecular formula is C18H24OS. The zero-order valence-electron chi connectivity index (χ0n) is 12.8. The van der Waals surface area contributed by atoms with Gasteiger partial charge in [0.1, 0.15) is 0 Å². The SMILES string of the molecule is Cc1cc(C(=O)C23CC4CC(CC(C)(C4)C2)C3)c(C)s1. The average molecular weight is 288 g/mol. The van der Waals surface area contributed by atoms with E-state index in [0.717, 1.165) is 23.8 Å². The van der Waals surface area contributed by atoms with E-state index < -0.39 is 0 Å². The molecule has 0 aliphatic heterocycles. The van der Waals surface area contributed by atoms with E-state index in [1.165, 1.54) is 41.9 Å². The minimum atomic E-state index is -0.00287. The van der Waals surface area contributed by atoms with Gasteiger partial charge in [0, 0.05) is 20.7 Å². The Balaban J connectivity index is 1.74. The van der Waals surface area contributed by atoms with Gasteiger partial charge in [-0.1, -0.05) is 6.92 Å². The second-order valence-corrected chi connectivity index (χ2v) is 9.67. The molecule has 4 fully saturated rings. The molecular weight excluding hydrogens is 264 g/mol. The van der Waals surface area contributed by atoms with Crippen LogP contribution in [0, 0.1) is 36.5 Å². The van der Waals surface area contributed by atoms with Crippen LogP contribution in [0.5, 0.6) is 0 Å². The predicted molar refractivity (Wildman–Crippen MR) is 83.3 cm³/mol. The van der Waals surface area contributed by atoms with Gasteiger partial charge in [0.25, 0.3) is 0 Å². The lowest BCUT2D eigenvalue weighted by Crippen LogP contribution is -2.54. The van der Waals surface area contributed by atoms with E-state index >= 15 is 0 Å². The molecule has 1 heterocycles. The van der Waals surface area contributed by atoms with E-state index in [-0.39, 0.29) is 5.41 Å². The number of carbonyl (C=O) groups excluding carboxylic acids is 1. The van der Waals surface area contributed by atoms with Crippen molar-refractivity contribution in [2.75, 3.05) is 0 Å². The summed E-state index contributed by atoms with van der Waals surface area (Å²) >= 11 is 1.78. The van der Waals surface area contributed by atoms with Crippen LogP contribution in [-0.4, -0.2) is 5.78 Å². The fourth-order valence-electron chi connectivity index (χ4n) is 6.13. The summed E-state index contributed by atoms with van der Waals surface area (Å²) in [6.07, 6.45) is 7.64. The summed E-state index contributed by atoms with van der Waals surface area (Å²) in [5, 5.41) is 0. The second-order valence-electron chi connectivity index (χ2n) is 8.21. The Bertz CT molecular complexity index is 568. The first kappa shape index (κ1) is 13.1. The number of aryl methyl sites for hydroxylation is 2. The van der Waals surface area contributed by atoms with Crippen LogP contribution < -0.4 is 0 Å². The van der Waals surface area contributed by atoms with Crippen molar-refractivity contribution in [3.05, 3.63) is 21.4 Å². The lowest BCUT2D eigenvalue weighted by Gasteiger charge is -2.60. The van der Waals surface area contributed by atoms with Crippen LogP contribution in [0.2, 0.25) is 0 Å². The number of rotatable bonds is 2.